The largest absolute Gasteiger partial charge is 0.497 e. The van der Waals surface area contributed by atoms with Crippen molar-refractivity contribution in [2.45, 2.75) is 19.0 Å². The molecule has 3 aromatic rings. The molecule has 4 nitrogen and oxygen atoms in total. The maximum atomic E-state index is 13.3. The number of nitrogens with zero attached hydrogens (tertiary/aromatic N) is 2. The molecule has 3 rings (SSSR count). The van der Waals surface area contributed by atoms with Crippen molar-refractivity contribution in [1.29, 1.82) is 0 Å². The van der Waals surface area contributed by atoms with Crippen molar-refractivity contribution in [3.63, 3.8) is 0 Å². The molecule has 154 valence electrons. The van der Waals surface area contributed by atoms with Gasteiger partial charge in [-0.05, 0) is 48.7 Å². The Morgan fingerprint density at radius 2 is 1.72 bits per heavy atom. The minimum Gasteiger partial charge on any atom is -0.497 e. The first-order valence-electron chi connectivity index (χ1n) is 8.99. The van der Waals surface area contributed by atoms with E-state index in [9.17, 15) is 17.4 Å². The molecule has 0 bridgehead atoms. The van der Waals surface area contributed by atoms with E-state index < -0.39 is 22.7 Å². The highest BCUT2D eigenvalue weighted by atomic mass is 32.2. The monoisotopic (exact) mass is 422 g/mol. The van der Waals surface area contributed by atoms with E-state index in [2.05, 4.69) is 5.10 Å². The van der Waals surface area contributed by atoms with Crippen LogP contribution in [0.4, 0.5) is 13.2 Å². The number of alkyl halides is 3. The molecule has 0 saturated carbocycles. The van der Waals surface area contributed by atoms with Gasteiger partial charge in [0.25, 0.3) is 0 Å². The summed E-state index contributed by atoms with van der Waals surface area (Å²) in [4.78, 5) is 0. The number of hydrogen-bond acceptors (Lipinski definition) is 3. The first-order valence-corrected chi connectivity index (χ1v) is 10.7. The van der Waals surface area contributed by atoms with Crippen LogP contribution in [0.2, 0.25) is 0 Å². The molecule has 0 aliphatic heterocycles. The predicted molar refractivity (Wildman–Crippen MR) is 108 cm³/mol. The van der Waals surface area contributed by atoms with Crippen LogP contribution in [0.5, 0.6) is 5.75 Å². The van der Waals surface area contributed by atoms with Gasteiger partial charge in [-0.1, -0.05) is 24.3 Å². The second kappa shape index (κ2) is 8.82. The fraction of sp³-hybridized carbons (Fsp3) is 0.286. The smallest absolute Gasteiger partial charge is 0.435 e. The van der Waals surface area contributed by atoms with Crippen LogP contribution in [-0.2, 0) is 23.4 Å². The maximum Gasteiger partial charge on any atom is 0.435 e. The van der Waals surface area contributed by atoms with Gasteiger partial charge in [0.15, 0.2) is 5.69 Å². The second-order valence-electron chi connectivity index (χ2n) is 6.60. The van der Waals surface area contributed by atoms with Gasteiger partial charge in [-0.2, -0.15) is 18.3 Å². The standard InChI is InChI=1S/C21H21F3N2O2S/c1-28-18-11-9-17(10-12-18)26-19(14-20(25-26)21(22,23)24)16-7-5-15(6-8-16)4-3-13-29(2)27/h5-12,14H,3-4,13H2,1-2H3. The normalized spacial score (nSPS) is 12.7. The topological polar surface area (TPSA) is 44.1 Å². The van der Waals surface area contributed by atoms with Crippen LogP contribution in [0, 0.1) is 0 Å². The van der Waals surface area contributed by atoms with Gasteiger partial charge >= 0.3 is 6.18 Å². The lowest BCUT2D eigenvalue weighted by Crippen LogP contribution is -2.07. The van der Waals surface area contributed by atoms with Crippen molar-refractivity contribution in [1.82, 2.24) is 9.78 Å². The van der Waals surface area contributed by atoms with Crippen LogP contribution in [0.1, 0.15) is 17.7 Å². The Balaban J connectivity index is 1.94. The van der Waals surface area contributed by atoms with Crippen LogP contribution in [-0.4, -0.2) is 33.1 Å². The van der Waals surface area contributed by atoms with E-state index in [4.69, 9.17) is 4.74 Å². The Labute approximate surface area is 169 Å². The molecule has 0 N–H and O–H groups in total. The third-order valence-electron chi connectivity index (χ3n) is 4.46. The Hall–Kier alpha value is -2.61. The molecular formula is C21H21F3N2O2S. The number of methoxy groups -OCH3 is 1. The number of halogens is 3. The molecule has 1 aromatic heterocycles. The fourth-order valence-electron chi connectivity index (χ4n) is 2.97. The quantitative estimate of drug-likeness (QED) is 0.545. The van der Waals surface area contributed by atoms with Crippen molar-refractivity contribution in [3.05, 3.63) is 65.9 Å². The van der Waals surface area contributed by atoms with Crippen LogP contribution in [0.3, 0.4) is 0 Å². The van der Waals surface area contributed by atoms with Crippen molar-refractivity contribution in [2.75, 3.05) is 19.1 Å². The Kier molecular flexibility index (Phi) is 6.42. The molecule has 0 radical (unpaired) electrons. The minimum atomic E-state index is -4.54. The maximum absolute atomic E-state index is 13.3. The lowest BCUT2D eigenvalue weighted by molar-refractivity contribution is -0.141. The van der Waals surface area contributed by atoms with Gasteiger partial charge in [-0.3, -0.25) is 4.21 Å². The zero-order chi connectivity index (χ0) is 21.0. The van der Waals surface area contributed by atoms with E-state index in [1.165, 1.54) is 11.8 Å². The molecule has 0 saturated heterocycles. The highest BCUT2D eigenvalue weighted by Gasteiger charge is 2.35. The van der Waals surface area contributed by atoms with Crippen molar-refractivity contribution >= 4 is 10.8 Å². The Morgan fingerprint density at radius 1 is 1.07 bits per heavy atom. The first kappa shape index (κ1) is 21.1. The summed E-state index contributed by atoms with van der Waals surface area (Å²) in [5, 5.41) is 3.79. The summed E-state index contributed by atoms with van der Waals surface area (Å²) in [6, 6.07) is 15.1. The van der Waals surface area contributed by atoms with E-state index in [0.29, 0.717) is 28.4 Å². The van der Waals surface area contributed by atoms with Crippen molar-refractivity contribution < 1.29 is 22.1 Å². The number of aryl methyl sites for hydroxylation is 1. The van der Waals surface area contributed by atoms with Crippen LogP contribution in [0.15, 0.2) is 54.6 Å². The van der Waals surface area contributed by atoms with E-state index >= 15 is 0 Å². The van der Waals surface area contributed by atoms with E-state index in [-0.39, 0.29) is 0 Å². The molecule has 0 spiro atoms. The van der Waals surface area contributed by atoms with Crippen LogP contribution in [0.25, 0.3) is 16.9 Å². The summed E-state index contributed by atoms with van der Waals surface area (Å²) in [6.45, 7) is 0. The average Bonchev–Trinajstić information content (AvgIpc) is 3.14. The molecule has 0 amide bonds. The van der Waals surface area contributed by atoms with E-state index in [0.717, 1.165) is 24.5 Å². The first-order chi connectivity index (χ1) is 13.8. The molecule has 0 aliphatic carbocycles. The van der Waals surface area contributed by atoms with Gasteiger partial charge in [0.2, 0.25) is 0 Å². The minimum absolute atomic E-state index is 0.351. The third kappa shape index (κ3) is 5.26. The lowest BCUT2D eigenvalue weighted by atomic mass is 10.1. The lowest BCUT2D eigenvalue weighted by Gasteiger charge is -2.09. The number of aromatic nitrogens is 2. The Morgan fingerprint density at radius 3 is 2.28 bits per heavy atom. The summed E-state index contributed by atoms with van der Waals surface area (Å²) in [7, 11) is 0.691. The molecule has 1 atom stereocenters. The number of rotatable bonds is 7. The highest BCUT2D eigenvalue weighted by Crippen LogP contribution is 2.33. The molecule has 2 aromatic carbocycles. The number of ether oxygens (including phenoxy) is 1. The SMILES string of the molecule is COc1ccc(-n2nc(C(F)(F)F)cc2-c2ccc(CCCS(C)=O)cc2)cc1. The summed E-state index contributed by atoms with van der Waals surface area (Å²) in [6.07, 6.45) is -1.31. The summed E-state index contributed by atoms with van der Waals surface area (Å²) in [5.41, 5.74) is 1.59. The second-order valence-corrected chi connectivity index (χ2v) is 8.15. The molecule has 0 aliphatic rings. The molecule has 8 heteroatoms. The van der Waals surface area contributed by atoms with E-state index in [1.54, 1.807) is 42.7 Å². The molecular weight excluding hydrogens is 401 g/mol. The number of benzene rings is 2. The molecule has 1 unspecified atom stereocenters. The number of hydrogen-bond donors (Lipinski definition) is 0. The van der Waals surface area contributed by atoms with Crippen LogP contribution < -0.4 is 4.74 Å². The van der Waals surface area contributed by atoms with Crippen molar-refractivity contribution in [3.8, 4) is 22.7 Å². The zero-order valence-electron chi connectivity index (χ0n) is 16.1. The summed E-state index contributed by atoms with van der Waals surface area (Å²) in [5.74, 6) is 1.23. The van der Waals surface area contributed by atoms with Crippen LogP contribution >= 0.6 is 0 Å². The van der Waals surface area contributed by atoms with Gasteiger partial charge in [-0.15, -0.1) is 0 Å². The highest BCUT2D eigenvalue weighted by molar-refractivity contribution is 7.84. The summed E-state index contributed by atoms with van der Waals surface area (Å²) >= 11 is 0. The van der Waals surface area contributed by atoms with E-state index in [1.807, 2.05) is 12.1 Å². The van der Waals surface area contributed by atoms with Gasteiger partial charge in [0.1, 0.15) is 5.75 Å². The van der Waals surface area contributed by atoms with Gasteiger partial charge < -0.3 is 4.74 Å². The zero-order valence-corrected chi connectivity index (χ0v) is 16.9. The van der Waals surface area contributed by atoms with Crippen molar-refractivity contribution in [2.24, 2.45) is 0 Å². The predicted octanol–water partition coefficient (Wildman–Crippen LogP) is 4.88. The molecule has 29 heavy (non-hydrogen) atoms. The molecule has 0 fully saturated rings. The van der Waals surface area contributed by atoms with Gasteiger partial charge in [0, 0.05) is 28.4 Å². The van der Waals surface area contributed by atoms with Gasteiger partial charge in [0.05, 0.1) is 18.5 Å². The molecule has 1 heterocycles. The average molecular weight is 422 g/mol. The fourth-order valence-corrected chi connectivity index (χ4v) is 3.52. The van der Waals surface area contributed by atoms with Gasteiger partial charge in [-0.25, -0.2) is 4.68 Å². The summed E-state index contributed by atoms with van der Waals surface area (Å²) < 4.78 is 57.4. The third-order valence-corrected chi connectivity index (χ3v) is 5.33. The Bertz CT molecular complexity index is 981.